The van der Waals surface area contributed by atoms with Crippen LogP contribution < -0.4 is 5.32 Å². The molecule has 0 saturated heterocycles. The lowest BCUT2D eigenvalue weighted by Gasteiger charge is -2.12. The maximum atomic E-state index is 12.3. The van der Waals surface area contributed by atoms with Gasteiger partial charge in [0, 0.05) is 17.4 Å². The number of aromatic nitrogens is 1. The molecule has 0 fully saturated rings. The van der Waals surface area contributed by atoms with Crippen LogP contribution in [0.3, 0.4) is 0 Å². The molecule has 0 bridgehead atoms. The first kappa shape index (κ1) is 14.0. The molecule has 0 aliphatic rings. The van der Waals surface area contributed by atoms with Crippen molar-refractivity contribution in [1.82, 2.24) is 4.98 Å². The minimum absolute atomic E-state index is 0.207. The second-order valence-corrected chi connectivity index (χ2v) is 5.08. The Labute approximate surface area is 129 Å². The van der Waals surface area contributed by atoms with Gasteiger partial charge in [-0.05, 0) is 36.8 Å². The molecule has 1 N–H and O–H groups in total. The molecular formula is C19H16N2O. The van der Waals surface area contributed by atoms with Crippen LogP contribution in [-0.2, 0) is 0 Å². The summed E-state index contributed by atoms with van der Waals surface area (Å²) in [5.41, 5.74) is 4.41. The van der Waals surface area contributed by atoms with Crippen LogP contribution in [0.4, 0.5) is 5.69 Å². The molecule has 108 valence electrons. The van der Waals surface area contributed by atoms with Crippen molar-refractivity contribution >= 4 is 11.6 Å². The number of carbonyl (C=O) groups excluding carboxylic acids is 1. The van der Waals surface area contributed by atoms with E-state index in [1.54, 1.807) is 24.4 Å². The third-order valence-electron chi connectivity index (χ3n) is 3.41. The van der Waals surface area contributed by atoms with Crippen LogP contribution in [0.1, 0.15) is 16.1 Å². The van der Waals surface area contributed by atoms with Gasteiger partial charge in [-0.25, -0.2) is 0 Å². The van der Waals surface area contributed by atoms with Crippen molar-refractivity contribution in [2.45, 2.75) is 6.92 Å². The molecule has 0 aliphatic heterocycles. The van der Waals surface area contributed by atoms with Gasteiger partial charge in [0.05, 0.1) is 0 Å². The lowest BCUT2D eigenvalue weighted by atomic mass is 10.0. The molecule has 3 rings (SSSR count). The summed E-state index contributed by atoms with van der Waals surface area (Å²) in [6.07, 6.45) is 1.61. The summed E-state index contributed by atoms with van der Waals surface area (Å²) < 4.78 is 0. The molecule has 3 nitrogen and oxygen atoms in total. The van der Waals surface area contributed by atoms with Crippen molar-refractivity contribution < 1.29 is 4.79 Å². The van der Waals surface area contributed by atoms with E-state index in [9.17, 15) is 4.79 Å². The van der Waals surface area contributed by atoms with Gasteiger partial charge < -0.3 is 5.32 Å². The Hall–Kier alpha value is -2.94. The van der Waals surface area contributed by atoms with Gasteiger partial charge in [0.1, 0.15) is 5.69 Å². The van der Waals surface area contributed by atoms with E-state index in [0.717, 1.165) is 22.4 Å². The van der Waals surface area contributed by atoms with E-state index >= 15 is 0 Å². The quantitative estimate of drug-likeness (QED) is 0.780. The summed E-state index contributed by atoms with van der Waals surface area (Å²) in [5, 5.41) is 2.95. The van der Waals surface area contributed by atoms with Gasteiger partial charge in [0.25, 0.3) is 5.91 Å². The van der Waals surface area contributed by atoms with E-state index in [-0.39, 0.29) is 5.91 Å². The Morgan fingerprint density at radius 2 is 1.73 bits per heavy atom. The smallest absolute Gasteiger partial charge is 0.274 e. The normalized spacial score (nSPS) is 10.2. The second kappa shape index (κ2) is 6.22. The third kappa shape index (κ3) is 3.04. The van der Waals surface area contributed by atoms with Crippen LogP contribution in [0, 0.1) is 6.92 Å². The van der Waals surface area contributed by atoms with E-state index in [1.807, 2.05) is 49.4 Å². The highest BCUT2D eigenvalue weighted by atomic mass is 16.1. The number of amides is 1. The van der Waals surface area contributed by atoms with Crippen molar-refractivity contribution in [2.24, 2.45) is 0 Å². The van der Waals surface area contributed by atoms with E-state index < -0.39 is 0 Å². The van der Waals surface area contributed by atoms with Gasteiger partial charge in [-0.15, -0.1) is 0 Å². The van der Waals surface area contributed by atoms with E-state index in [0.29, 0.717) is 5.69 Å². The topological polar surface area (TPSA) is 42.0 Å². The maximum Gasteiger partial charge on any atom is 0.274 e. The van der Waals surface area contributed by atoms with Gasteiger partial charge in [-0.3, -0.25) is 9.78 Å². The Morgan fingerprint density at radius 1 is 0.955 bits per heavy atom. The average molecular weight is 288 g/mol. The van der Waals surface area contributed by atoms with Crippen molar-refractivity contribution in [2.75, 3.05) is 5.32 Å². The predicted octanol–water partition coefficient (Wildman–Crippen LogP) is 4.31. The molecule has 0 unspecified atom stereocenters. The molecule has 0 atom stereocenters. The summed E-state index contributed by atoms with van der Waals surface area (Å²) in [6.45, 7) is 2.04. The Bertz CT molecular complexity index is 783. The highest BCUT2D eigenvalue weighted by Gasteiger charge is 2.11. The first-order valence-corrected chi connectivity index (χ1v) is 7.12. The van der Waals surface area contributed by atoms with E-state index in [2.05, 4.69) is 16.4 Å². The predicted molar refractivity (Wildman–Crippen MR) is 88.8 cm³/mol. The largest absolute Gasteiger partial charge is 0.320 e. The van der Waals surface area contributed by atoms with Gasteiger partial charge in [0.15, 0.2) is 0 Å². The zero-order valence-electron chi connectivity index (χ0n) is 12.3. The van der Waals surface area contributed by atoms with Gasteiger partial charge in [-0.2, -0.15) is 0 Å². The number of nitrogens with zero attached hydrogens (tertiary/aromatic N) is 1. The number of carbonyl (C=O) groups is 1. The molecule has 3 aromatic rings. The van der Waals surface area contributed by atoms with Crippen molar-refractivity contribution in [3.05, 3.63) is 84.2 Å². The monoisotopic (exact) mass is 288 g/mol. The Balaban J connectivity index is 1.96. The minimum Gasteiger partial charge on any atom is -0.320 e. The van der Waals surface area contributed by atoms with E-state index in [1.165, 1.54) is 0 Å². The number of hydrogen-bond donors (Lipinski definition) is 1. The maximum absolute atomic E-state index is 12.3. The lowest BCUT2D eigenvalue weighted by molar-refractivity contribution is 0.102. The number of benzene rings is 2. The Morgan fingerprint density at radius 3 is 2.45 bits per heavy atom. The zero-order chi connectivity index (χ0) is 15.4. The molecule has 0 radical (unpaired) electrons. The number of hydrogen-bond acceptors (Lipinski definition) is 2. The standard InChI is InChI=1S/C19H16N2O/c1-14-10-11-17(16(13-14)15-7-3-2-4-8-15)21-19(22)18-9-5-6-12-20-18/h2-13H,1H3,(H,21,22). The highest BCUT2D eigenvalue weighted by Crippen LogP contribution is 2.29. The van der Waals surface area contributed by atoms with Crippen LogP contribution in [0.2, 0.25) is 0 Å². The SMILES string of the molecule is Cc1ccc(NC(=O)c2ccccn2)c(-c2ccccc2)c1. The summed E-state index contributed by atoms with van der Waals surface area (Å²) in [7, 11) is 0. The molecule has 1 aromatic heterocycles. The molecule has 0 saturated carbocycles. The minimum atomic E-state index is -0.207. The summed E-state index contributed by atoms with van der Waals surface area (Å²) in [6, 6.07) is 21.3. The summed E-state index contributed by atoms with van der Waals surface area (Å²) >= 11 is 0. The fraction of sp³-hybridized carbons (Fsp3) is 0.0526. The first-order chi connectivity index (χ1) is 10.7. The lowest BCUT2D eigenvalue weighted by Crippen LogP contribution is -2.14. The second-order valence-electron chi connectivity index (χ2n) is 5.08. The fourth-order valence-electron chi connectivity index (χ4n) is 2.31. The van der Waals surface area contributed by atoms with Crippen molar-refractivity contribution in [3.8, 4) is 11.1 Å². The van der Waals surface area contributed by atoms with Crippen LogP contribution >= 0.6 is 0 Å². The van der Waals surface area contributed by atoms with Gasteiger partial charge >= 0.3 is 0 Å². The van der Waals surface area contributed by atoms with E-state index in [4.69, 9.17) is 0 Å². The third-order valence-corrected chi connectivity index (χ3v) is 3.41. The Kier molecular flexibility index (Phi) is 3.97. The van der Waals surface area contributed by atoms with Crippen molar-refractivity contribution in [1.29, 1.82) is 0 Å². The molecule has 1 amide bonds. The number of anilines is 1. The van der Waals surface area contributed by atoms with Crippen molar-refractivity contribution in [3.63, 3.8) is 0 Å². The fourth-order valence-corrected chi connectivity index (χ4v) is 2.31. The average Bonchev–Trinajstić information content (AvgIpc) is 2.58. The van der Waals surface area contributed by atoms with Gasteiger partial charge in [-0.1, -0.05) is 48.0 Å². The molecule has 3 heteroatoms. The van der Waals surface area contributed by atoms with Crippen LogP contribution in [0.25, 0.3) is 11.1 Å². The zero-order valence-corrected chi connectivity index (χ0v) is 12.3. The summed E-state index contributed by atoms with van der Waals surface area (Å²) in [4.78, 5) is 16.4. The highest BCUT2D eigenvalue weighted by molar-refractivity contribution is 6.05. The molecule has 1 heterocycles. The van der Waals surface area contributed by atoms with Crippen LogP contribution in [0.15, 0.2) is 72.9 Å². The molecular weight excluding hydrogens is 272 g/mol. The van der Waals surface area contributed by atoms with Crippen LogP contribution in [-0.4, -0.2) is 10.9 Å². The molecule has 0 aliphatic carbocycles. The molecule has 22 heavy (non-hydrogen) atoms. The number of aryl methyl sites for hydroxylation is 1. The molecule has 0 spiro atoms. The first-order valence-electron chi connectivity index (χ1n) is 7.12. The van der Waals surface area contributed by atoms with Gasteiger partial charge in [0.2, 0.25) is 0 Å². The summed E-state index contributed by atoms with van der Waals surface area (Å²) in [5.74, 6) is -0.207. The number of pyridine rings is 1. The van der Waals surface area contributed by atoms with Crippen LogP contribution in [0.5, 0.6) is 0 Å². The number of nitrogens with one attached hydrogen (secondary N) is 1. The molecule has 2 aromatic carbocycles. The number of rotatable bonds is 3.